The number of carbonyl (C=O) groups excluding carboxylic acids is 3. The van der Waals surface area contributed by atoms with Crippen LogP contribution in [0.25, 0.3) is 0 Å². The Hall–Kier alpha value is -3.22. The van der Waals surface area contributed by atoms with Gasteiger partial charge >= 0.3 is 5.97 Å². The number of ether oxygens (including phenoxy) is 1. The van der Waals surface area contributed by atoms with Crippen LogP contribution in [0.4, 0.5) is 10.1 Å². The Kier molecular flexibility index (Phi) is 7.05. The average Bonchev–Trinajstić information content (AvgIpc) is 2.65. The molecule has 0 fully saturated rings. The van der Waals surface area contributed by atoms with E-state index in [1.54, 1.807) is 37.3 Å². The van der Waals surface area contributed by atoms with Gasteiger partial charge in [-0.05, 0) is 31.2 Å². The first-order chi connectivity index (χ1) is 13.0. The largest absolute Gasteiger partial charge is 0.462 e. The average molecular weight is 372 g/mol. The second-order valence-corrected chi connectivity index (χ2v) is 5.64. The highest BCUT2D eigenvalue weighted by Gasteiger charge is 2.20. The third-order valence-corrected chi connectivity index (χ3v) is 3.81. The maximum absolute atomic E-state index is 13.7. The van der Waals surface area contributed by atoms with Crippen molar-refractivity contribution in [1.82, 2.24) is 5.32 Å². The molecule has 0 aliphatic carbocycles. The number of hydrogen-bond acceptors (Lipinski definition) is 4. The van der Waals surface area contributed by atoms with Gasteiger partial charge in [-0.2, -0.15) is 0 Å². The molecule has 2 rings (SSSR count). The molecule has 0 aliphatic heterocycles. The van der Waals surface area contributed by atoms with Gasteiger partial charge in [0.25, 0.3) is 5.91 Å². The van der Waals surface area contributed by atoms with E-state index < -0.39 is 17.7 Å². The van der Waals surface area contributed by atoms with Gasteiger partial charge in [-0.3, -0.25) is 9.59 Å². The van der Waals surface area contributed by atoms with Crippen LogP contribution >= 0.6 is 0 Å². The minimum atomic E-state index is -0.619. The summed E-state index contributed by atoms with van der Waals surface area (Å²) in [6.07, 6.45) is 0. The lowest BCUT2D eigenvalue weighted by Crippen LogP contribution is -2.38. The lowest BCUT2D eigenvalue weighted by atomic mass is 10.1. The molecule has 0 saturated heterocycles. The molecule has 6 nitrogen and oxygen atoms in total. The number of anilines is 1. The summed E-state index contributed by atoms with van der Waals surface area (Å²) in [6, 6.07) is 12.2. The van der Waals surface area contributed by atoms with Crippen molar-refractivity contribution >= 4 is 23.5 Å². The van der Waals surface area contributed by atoms with Crippen molar-refractivity contribution in [3.8, 4) is 0 Å². The predicted octanol–water partition coefficient (Wildman–Crippen LogP) is 2.79. The molecule has 0 unspecified atom stereocenters. The van der Waals surface area contributed by atoms with Gasteiger partial charge in [-0.15, -0.1) is 0 Å². The van der Waals surface area contributed by atoms with E-state index in [2.05, 4.69) is 5.32 Å². The molecule has 27 heavy (non-hydrogen) atoms. The maximum Gasteiger partial charge on any atom is 0.340 e. The SMILES string of the molecule is CCOC(=O)c1ccccc1N(CCNC(=O)c1ccccc1F)C(C)=O. The number of benzene rings is 2. The summed E-state index contributed by atoms with van der Waals surface area (Å²) in [4.78, 5) is 37.7. The highest BCUT2D eigenvalue weighted by molar-refractivity contribution is 6.02. The highest BCUT2D eigenvalue weighted by atomic mass is 19.1. The van der Waals surface area contributed by atoms with Crippen molar-refractivity contribution in [2.75, 3.05) is 24.6 Å². The van der Waals surface area contributed by atoms with Crippen LogP contribution in [0.1, 0.15) is 34.6 Å². The number of rotatable bonds is 7. The first-order valence-electron chi connectivity index (χ1n) is 8.52. The van der Waals surface area contributed by atoms with Gasteiger partial charge in [0.2, 0.25) is 5.91 Å². The molecule has 142 valence electrons. The number of esters is 1. The Bertz CT molecular complexity index is 838. The maximum atomic E-state index is 13.7. The smallest absolute Gasteiger partial charge is 0.340 e. The number of hydrogen-bond donors (Lipinski definition) is 1. The molecule has 0 radical (unpaired) electrons. The predicted molar refractivity (Wildman–Crippen MR) is 99.2 cm³/mol. The minimum Gasteiger partial charge on any atom is -0.462 e. The fraction of sp³-hybridized carbons (Fsp3) is 0.250. The Morgan fingerprint density at radius 1 is 1.04 bits per heavy atom. The van der Waals surface area contributed by atoms with E-state index in [1.165, 1.54) is 30.0 Å². The Balaban J connectivity index is 2.11. The van der Waals surface area contributed by atoms with E-state index in [0.717, 1.165) is 0 Å². The number of halogens is 1. The lowest BCUT2D eigenvalue weighted by Gasteiger charge is -2.23. The van der Waals surface area contributed by atoms with Crippen LogP contribution in [0, 0.1) is 5.82 Å². The molecule has 0 heterocycles. The fourth-order valence-electron chi connectivity index (χ4n) is 2.56. The van der Waals surface area contributed by atoms with Crippen LogP contribution in [-0.2, 0) is 9.53 Å². The van der Waals surface area contributed by atoms with Gasteiger partial charge in [0.1, 0.15) is 5.82 Å². The van der Waals surface area contributed by atoms with Crippen molar-refractivity contribution in [2.24, 2.45) is 0 Å². The summed E-state index contributed by atoms with van der Waals surface area (Å²) >= 11 is 0. The van der Waals surface area contributed by atoms with Crippen molar-refractivity contribution in [3.63, 3.8) is 0 Å². The molecule has 0 aliphatic rings. The molecular formula is C20H21FN2O4. The van der Waals surface area contributed by atoms with Crippen LogP contribution in [0.5, 0.6) is 0 Å². The van der Waals surface area contributed by atoms with Gasteiger partial charge in [0.05, 0.1) is 23.4 Å². The number of nitrogens with zero attached hydrogens (tertiary/aromatic N) is 1. The normalized spacial score (nSPS) is 10.2. The molecule has 0 spiro atoms. The molecule has 2 aromatic rings. The lowest BCUT2D eigenvalue weighted by molar-refractivity contribution is -0.116. The second-order valence-electron chi connectivity index (χ2n) is 5.64. The minimum absolute atomic E-state index is 0.0706. The monoisotopic (exact) mass is 372 g/mol. The van der Waals surface area contributed by atoms with Gasteiger partial charge in [0, 0.05) is 20.0 Å². The Labute approximate surface area is 156 Å². The third kappa shape index (κ3) is 5.13. The summed E-state index contributed by atoms with van der Waals surface area (Å²) < 4.78 is 18.7. The summed E-state index contributed by atoms with van der Waals surface area (Å²) in [6.45, 7) is 3.48. The zero-order valence-corrected chi connectivity index (χ0v) is 15.2. The second kappa shape index (κ2) is 9.47. The molecule has 0 saturated carbocycles. The zero-order chi connectivity index (χ0) is 19.8. The van der Waals surface area contributed by atoms with E-state index in [-0.39, 0.29) is 36.7 Å². The van der Waals surface area contributed by atoms with Crippen molar-refractivity contribution in [2.45, 2.75) is 13.8 Å². The van der Waals surface area contributed by atoms with Crippen LogP contribution < -0.4 is 10.2 Å². The van der Waals surface area contributed by atoms with E-state index in [9.17, 15) is 18.8 Å². The van der Waals surface area contributed by atoms with Gasteiger partial charge in [-0.25, -0.2) is 9.18 Å². The number of nitrogens with one attached hydrogen (secondary N) is 1. The molecular weight excluding hydrogens is 351 g/mol. The Morgan fingerprint density at radius 3 is 2.30 bits per heavy atom. The first-order valence-corrected chi connectivity index (χ1v) is 8.52. The standard InChI is InChI=1S/C20H21FN2O4/c1-3-27-20(26)16-9-5-7-11-18(16)23(14(2)24)13-12-22-19(25)15-8-4-6-10-17(15)21/h4-11H,3,12-13H2,1-2H3,(H,22,25). The quantitative estimate of drug-likeness (QED) is 0.759. The van der Waals surface area contributed by atoms with Crippen LogP contribution in [-0.4, -0.2) is 37.5 Å². The van der Waals surface area contributed by atoms with Gasteiger partial charge in [-0.1, -0.05) is 24.3 Å². The summed E-state index contributed by atoms with van der Waals surface area (Å²) in [5.41, 5.74) is 0.581. The molecule has 2 aromatic carbocycles. The first kappa shape index (κ1) is 20.1. The number of para-hydroxylation sites is 1. The molecule has 2 amide bonds. The van der Waals surface area contributed by atoms with Crippen LogP contribution in [0.3, 0.4) is 0 Å². The van der Waals surface area contributed by atoms with E-state index in [1.807, 2.05) is 0 Å². The fourth-order valence-corrected chi connectivity index (χ4v) is 2.56. The van der Waals surface area contributed by atoms with Crippen molar-refractivity contribution in [3.05, 3.63) is 65.5 Å². The third-order valence-electron chi connectivity index (χ3n) is 3.81. The van der Waals surface area contributed by atoms with Crippen LogP contribution in [0.15, 0.2) is 48.5 Å². The number of amides is 2. The summed E-state index contributed by atoms with van der Waals surface area (Å²) in [7, 11) is 0. The Morgan fingerprint density at radius 2 is 1.67 bits per heavy atom. The molecule has 7 heteroatoms. The van der Waals surface area contributed by atoms with E-state index >= 15 is 0 Å². The van der Waals surface area contributed by atoms with Gasteiger partial charge in [0.15, 0.2) is 0 Å². The summed E-state index contributed by atoms with van der Waals surface area (Å²) in [5.74, 6) is -2.03. The topological polar surface area (TPSA) is 75.7 Å². The summed E-state index contributed by atoms with van der Waals surface area (Å²) in [5, 5.41) is 2.58. The van der Waals surface area contributed by atoms with Gasteiger partial charge < -0.3 is 15.0 Å². The van der Waals surface area contributed by atoms with Crippen molar-refractivity contribution in [1.29, 1.82) is 0 Å². The molecule has 0 atom stereocenters. The van der Waals surface area contributed by atoms with E-state index in [4.69, 9.17) is 4.74 Å². The van der Waals surface area contributed by atoms with E-state index in [0.29, 0.717) is 5.69 Å². The number of carbonyl (C=O) groups is 3. The molecule has 0 aromatic heterocycles. The highest BCUT2D eigenvalue weighted by Crippen LogP contribution is 2.21. The molecule has 1 N–H and O–H groups in total. The van der Waals surface area contributed by atoms with Crippen LogP contribution in [0.2, 0.25) is 0 Å². The van der Waals surface area contributed by atoms with Crippen molar-refractivity contribution < 1.29 is 23.5 Å². The molecule has 0 bridgehead atoms. The zero-order valence-electron chi connectivity index (χ0n) is 15.2.